The number of hydrogen-bond donors (Lipinski definition) is 1. The van der Waals surface area contributed by atoms with Gasteiger partial charge in [0.2, 0.25) is 5.91 Å². The Kier molecular flexibility index (Phi) is 6.94. The number of carbonyl (C=O) groups excluding carboxylic acids is 2. The van der Waals surface area contributed by atoms with E-state index in [0.29, 0.717) is 45.0 Å². The number of ether oxygens (including phenoxy) is 2. The number of aromatic hydroxyl groups is 1. The zero-order valence-corrected chi connectivity index (χ0v) is 16.5. The van der Waals surface area contributed by atoms with Crippen LogP contribution in [0.1, 0.15) is 12.0 Å². The van der Waals surface area contributed by atoms with Gasteiger partial charge in [-0.15, -0.1) is 0 Å². The number of rotatable bonds is 7. The SMILES string of the molecule is Cc1cccc(OCCC(=O)N2CCN(C(=O)COc3ccc(O)cc3)CC2)c1. The molecule has 0 bridgehead atoms. The lowest BCUT2D eigenvalue weighted by molar-refractivity contribution is -0.141. The highest BCUT2D eigenvalue weighted by atomic mass is 16.5. The van der Waals surface area contributed by atoms with Gasteiger partial charge in [-0.3, -0.25) is 9.59 Å². The fraction of sp³-hybridized carbons (Fsp3) is 0.364. The summed E-state index contributed by atoms with van der Waals surface area (Å²) in [6.45, 7) is 4.26. The minimum absolute atomic E-state index is 0.0325. The molecule has 2 aromatic rings. The Hall–Kier alpha value is -3.22. The van der Waals surface area contributed by atoms with Crippen LogP contribution in [-0.2, 0) is 9.59 Å². The summed E-state index contributed by atoms with van der Waals surface area (Å²) in [4.78, 5) is 28.1. The summed E-state index contributed by atoms with van der Waals surface area (Å²) in [5, 5.41) is 9.26. The lowest BCUT2D eigenvalue weighted by Crippen LogP contribution is -2.51. The smallest absolute Gasteiger partial charge is 0.260 e. The number of phenolic OH excluding ortho intramolecular Hbond substituents is 1. The lowest BCUT2D eigenvalue weighted by atomic mass is 10.2. The number of carbonyl (C=O) groups is 2. The molecule has 1 fully saturated rings. The summed E-state index contributed by atoms with van der Waals surface area (Å²) < 4.78 is 11.1. The normalized spacial score (nSPS) is 13.8. The number of phenols is 1. The maximum Gasteiger partial charge on any atom is 0.260 e. The third kappa shape index (κ3) is 6.14. The van der Waals surface area contributed by atoms with Crippen LogP contribution in [0.4, 0.5) is 0 Å². The molecule has 0 aromatic heterocycles. The summed E-state index contributed by atoms with van der Waals surface area (Å²) in [6.07, 6.45) is 0.311. The molecule has 154 valence electrons. The van der Waals surface area contributed by atoms with E-state index in [1.807, 2.05) is 31.2 Å². The van der Waals surface area contributed by atoms with Crippen LogP contribution in [0, 0.1) is 6.92 Å². The number of aryl methyl sites for hydroxylation is 1. The molecule has 1 saturated heterocycles. The van der Waals surface area contributed by atoms with E-state index in [1.165, 1.54) is 12.1 Å². The van der Waals surface area contributed by atoms with E-state index < -0.39 is 0 Å². The van der Waals surface area contributed by atoms with Crippen LogP contribution in [0.2, 0.25) is 0 Å². The molecule has 1 aliphatic heterocycles. The summed E-state index contributed by atoms with van der Waals surface area (Å²) >= 11 is 0. The van der Waals surface area contributed by atoms with Gasteiger partial charge in [0.15, 0.2) is 6.61 Å². The van der Waals surface area contributed by atoms with Crippen LogP contribution in [0.15, 0.2) is 48.5 Å². The Morgan fingerprint density at radius 1 is 0.897 bits per heavy atom. The van der Waals surface area contributed by atoms with Gasteiger partial charge in [0.25, 0.3) is 5.91 Å². The third-order valence-corrected chi connectivity index (χ3v) is 4.76. The van der Waals surface area contributed by atoms with Crippen LogP contribution >= 0.6 is 0 Å². The predicted molar refractivity (Wildman–Crippen MR) is 108 cm³/mol. The first-order chi connectivity index (χ1) is 14.0. The van der Waals surface area contributed by atoms with Crippen molar-refractivity contribution in [2.45, 2.75) is 13.3 Å². The van der Waals surface area contributed by atoms with Crippen molar-refractivity contribution in [1.82, 2.24) is 9.80 Å². The molecule has 0 aliphatic carbocycles. The second-order valence-corrected chi connectivity index (χ2v) is 6.96. The fourth-order valence-corrected chi connectivity index (χ4v) is 3.10. The quantitative estimate of drug-likeness (QED) is 0.774. The first-order valence-electron chi connectivity index (χ1n) is 9.68. The van der Waals surface area contributed by atoms with Gasteiger partial charge >= 0.3 is 0 Å². The van der Waals surface area contributed by atoms with E-state index in [0.717, 1.165) is 11.3 Å². The highest BCUT2D eigenvalue weighted by molar-refractivity contribution is 5.79. The highest BCUT2D eigenvalue weighted by Crippen LogP contribution is 2.16. The minimum atomic E-state index is -0.118. The molecule has 29 heavy (non-hydrogen) atoms. The molecule has 0 radical (unpaired) electrons. The standard InChI is InChI=1S/C22H26N2O5/c1-17-3-2-4-20(15-17)28-14-9-21(26)23-10-12-24(13-11-23)22(27)16-29-19-7-5-18(25)6-8-19/h2-8,15,25H,9-14,16H2,1H3. The average Bonchev–Trinajstić information content (AvgIpc) is 2.73. The zero-order valence-electron chi connectivity index (χ0n) is 16.5. The molecule has 3 rings (SSSR count). The fourth-order valence-electron chi connectivity index (χ4n) is 3.10. The minimum Gasteiger partial charge on any atom is -0.508 e. The molecule has 1 N–H and O–H groups in total. The number of hydrogen-bond acceptors (Lipinski definition) is 5. The van der Waals surface area contributed by atoms with E-state index in [1.54, 1.807) is 21.9 Å². The van der Waals surface area contributed by atoms with E-state index in [4.69, 9.17) is 9.47 Å². The number of nitrogens with zero attached hydrogens (tertiary/aromatic N) is 2. The summed E-state index contributed by atoms with van der Waals surface area (Å²) in [7, 11) is 0. The van der Waals surface area contributed by atoms with Crippen molar-refractivity contribution in [3.8, 4) is 17.2 Å². The Labute approximate surface area is 170 Å². The van der Waals surface area contributed by atoms with E-state index in [9.17, 15) is 14.7 Å². The number of piperazine rings is 1. The van der Waals surface area contributed by atoms with Gasteiger partial charge in [-0.25, -0.2) is 0 Å². The van der Waals surface area contributed by atoms with Crippen molar-refractivity contribution < 1.29 is 24.2 Å². The van der Waals surface area contributed by atoms with Crippen LogP contribution < -0.4 is 9.47 Å². The molecule has 2 aromatic carbocycles. The first kappa shape index (κ1) is 20.5. The lowest BCUT2D eigenvalue weighted by Gasteiger charge is -2.34. The number of benzene rings is 2. The summed E-state index contributed by atoms with van der Waals surface area (Å²) in [6, 6.07) is 14.0. The molecule has 1 aliphatic rings. The highest BCUT2D eigenvalue weighted by Gasteiger charge is 2.24. The predicted octanol–water partition coefficient (Wildman–Crippen LogP) is 2.22. The van der Waals surface area contributed by atoms with Crippen molar-refractivity contribution in [2.24, 2.45) is 0 Å². The summed E-state index contributed by atoms with van der Waals surface area (Å²) in [5.74, 6) is 1.35. The molecule has 7 heteroatoms. The van der Waals surface area contributed by atoms with Gasteiger partial charge < -0.3 is 24.4 Å². The second-order valence-electron chi connectivity index (χ2n) is 6.96. The molecule has 0 spiro atoms. The molecule has 0 atom stereocenters. The Morgan fingerprint density at radius 2 is 1.55 bits per heavy atom. The van der Waals surface area contributed by atoms with Crippen molar-refractivity contribution >= 4 is 11.8 Å². The Bertz CT molecular complexity index is 829. The monoisotopic (exact) mass is 398 g/mol. The zero-order chi connectivity index (χ0) is 20.6. The molecule has 2 amide bonds. The van der Waals surface area contributed by atoms with Crippen molar-refractivity contribution in [3.63, 3.8) is 0 Å². The van der Waals surface area contributed by atoms with Crippen LogP contribution in [0.25, 0.3) is 0 Å². The number of amides is 2. The maximum atomic E-state index is 12.4. The topological polar surface area (TPSA) is 79.3 Å². The van der Waals surface area contributed by atoms with Crippen molar-refractivity contribution in [1.29, 1.82) is 0 Å². The Morgan fingerprint density at radius 3 is 2.21 bits per heavy atom. The van der Waals surface area contributed by atoms with Gasteiger partial charge in [-0.1, -0.05) is 12.1 Å². The van der Waals surface area contributed by atoms with Gasteiger partial charge in [-0.05, 0) is 48.9 Å². The van der Waals surface area contributed by atoms with E-state index >= 15 is 0 Å². The van der Waals surface area contributed by atoms with Crippen LogP contribution in [0.3, 0.4) is 0 Å². The van der Waals surface area contributed by atoms with Gasteiger partial charge in [0.05, 0.1) is 13.0 Å². The van der Waals surface area contributed by atoms with Crippen LogP contribution in [0.5, 0.6) is 17.2 Å². The van der Waals surface area contributed by atoms with Gasteiger partial charge in [-0.2, -0.15) is 0 Å². The largest absolute Gasteiger partial charge is 0.508 e. The van der Waals surface area contributed by atoms with E-state index in [-0.39, 0.29) is 24.2 Å². The molecular formula is C22H26N2O5. The molecule has 7 nitrogen and oxygen atoms in total. The van der Waals surface area contributed by atoms with E-state index in [2.05, 4.69) is 0 Å². The van der Waals surface area contributed by atoms with Crippen LogP contribution in [-0.4, -0.2) is 66.1 Å². The third-order valence-electron chi connectivity index (χ3n) is 4.76. The summed E-state index contributed by atoms with van der Waals surface area (Å²) in [5.41, 5.74) is 1.11. The Balaban J connectivity index is 1.36. The maximum absolute atomic E-state index is 12.4. The molecule has 0 saturated carbocycles. The molecule has 0 unspecified atom stereocenters. The average molecular weight is 398 g/mol. The van der Waals surface area contributed by atoms with Gasteiger partial charge in [0.1, 0.15) is 17.2 Å². The second kappa shape index (κ2) is 9.82. The molecule has 1 heterocycles. The molecular weight excluding hydrogens is 372 g/mol. The van der Waals surface area contributed by atoms with Gasteiger partial charge in [0, 0.05) is 26.2 Å². The van der Waals surface area contributed by atoms with Crippen molar-refractivity contribution in [2.75, 3.05) is 39.4 Å². The van der Waals surface area contributed by atoms with Crippen molar-refractivity contribution in [3.05, 3.63) is 54.1 Å². The first-order valence-corrected chi connectivity index (χ1v) is 9.68.